The van der Waals surface area contributed by atoms with Gasteiger partial charge in [0.2, 0.25) is 11.8 Å². The van der Waals surface area contributed by atoms with E-state index in [0.29, 0.717) is 31.3 Å². The van der Waals surface area contributed by atoms with Crippen LogP contribution in [0.1, 0.15) is 24.2 Å². The predicted molar refractivity (Wildman–Crippen MR) is 109 cm³/mol. The van der Waals surface area contributed by atoms with Gasteiger partial charge < -0.3 is 19.9 Å². The first-order valence-electron chi connectivity index (χ1n) is 9.74. The zero-order valence-corrected chi connectivity index (χ0v) is 16.1. The Morgan fingerprint density at radius 2 is 2.07 bits per heavy atom. The number of fused-ring (bicyclic) bond motifs is 1. The summed E-state index contributed by atoms with van der Waals surface area (Å²) in [6, 6.07) is 9.86. The normalized spacial score (nSPS) is 13.8. The third-order valence-electron chi connectivity index (χ3n) is 4.93. The number of nitrogens with zero attached hydrogens (tertiary/aromatic N) is 3. The Kier molecular flexibility index (Phi) is 5.41. The van der Waals surface area contributed by atoms with Crippen LogP contribution in [0.2, 0.25) is 0 Å². The topological polar surface area (TPSA) is 83.1 Å². The zero-order valence-electron chi connectivity index (χ0n) is 16.1. The number of rotatable bonds is 7. The number of H-pyrrole nitrogens is 1. The van der Waals surface area contributed by atoms with Crippen molar-refractivity contribution in [2.45, 2.75) is 26.2 Å². The molecule has 1 aliphatic heterocycles. The molecule has 4 rings (SSSR count). The van der Waals surface area contributed by atoms with Crippen LogP contribution < -0.4 is 15.0 Å². The van der Waals surface area contributed by atoms with E-state index in [1.54, 1.807) is 0 Å². The number of benzene rings is 1. The van der Waals surface area contributed by atoms with Crippen LogP contribution in [0.3, 0.4) is 0 Å². The second-order valence-corrected chi connectivity index (χ2v) is 7.04. The van der Waals surface area contributed by atoms with Crippen LogP contribution in [-0.2, 0) is 11.2 Å². The quantitative estimate of drug-likeness (QED) is 0.617. The number of anilines is 1. The van der Waals surface area contributed by atoms with E-state index < -0.39 is 0 Å². The molecule has 0 bridgehead atoms. The fraction of sp³-hybridized carbons (Fsp3) is 0.381. The van der Waals surface area contributed by atoms with Crippen LogP contribution >= 0.6 is 0 Å². The van der Waals surface area contributed by atoms with Crippen molar-refractivity contribution in [2.75, 3.05) is 31.1 Å². The Labute approximate surface area is 164 Å². The van der Waals surface area contributed by atoms with Crippen molar-refractivity contribution in [3.05, 3.63) is 47.9 Å². The fourth-order valence-corrected chi connectivity index (χ4v) is 3.57. The summed E-state index contributed by atoms with van der Waals surface area (Å²) in [4.78, 5) is 26.5. The third-order valence-corrected chi connectivity index (χ3v) is 4.93. The van der Waals surface area contributed by atoms with E-state index in [-0.39, 0.29) is 5.91 Å². The van der Waals surface area contributed by atoms with E-state index in [1.165, 1.54) is 12.8 Å². The molecule has 28 heavy (non-hydrogen) atoms. The Balaban J connectivity index is 1.27. The van der Waals surface area contributed by atoms with Gasteiger partial charge in [0, 0.05) is 36.3 Å². The number of carbonyl (C=O) groups is 1. The number of carbonyl (C=O) groups excluding carboxylic acids is 1. The predicted octanol–water partition coefficient (Wildman–Crippen LogP) is 2.60. The molecule has 7 heteroatoms. The highest BCUT2D eigenvalue weighted by molar-refractivity contribution is 5.88. The van der Waals surface area contributed by atoms with E-state index >= 15 is 0 Å². The number of amides is 1. The maximum Gasteiger partial charge on any atom is 0.224 e. The Morgan fingerprint density at radius 3 is 2.93 bits per heavy atom. The summed E-state index contributed by atoms with van der Waals surface area (Å²) in [5.41, 5.74) is 2.04. The van der Waals surface area contributed by atoms with Crippen LogP contribution in [-0.4, -0.2) is 47.1 Å². The highest BCUT2D eigenvalue weighted by Crippen LogP contribution is 2.21. The third kappa shape index (κ3) is 4.24. The number of para-hydroxylation sites is 1. The molecular weight excluding hydrogens is 354 g/mol. The van der Waals surface area contributed by atoms with Crippen LogP contribution in [0, 0.1) is 6.92 Å². The molecule has 0 aliphatic carbocycles. The van der Waals surface area contributed by atoms with Gasteiger partial charge in [-0.2, -0.15) is 4.98 Å². The van der Waals surface area contributed by atoms with E-state index in [9.17, 15) is 4.79 Å². The van der Waals surface area contributed by atoms with Gasteiger partial charge in [0.15, 0.2) is 0 Å². The number of ether oxygens (including phenoxy) is 1. The standard InChI is InChI=1S/C21H25N5O2/c1-15-24-19(26-9-4-5-10-26)13-21(25-15)28-11-8-22-20(27)12-16-14-23-18-7-3-2-6-17(16)18/h2-3,6-7,13-14,23H,4-5,8-12H2,1H3,(H,22,27). The number of aromatic nitrogens is 3. The second-order valence-electron chi connectivity index (χ2n) is 7.04. The molecule has 3 heterocycles. The molecular formula is C21H25N5O2. The molecule has 1 fully saturated rings. The molecule has 1 amide bonds. The van der Waals surface area contributed by atoms with E-state index in [4.69, 9.17) is 4.74 Å². The minimum Gasteiger partial charge on any atom is -0.476 e. The summed E-state index contributed by atoms with van der Waals surface area (Å²) < 4.78 is 5.74. The average molecular weight is 379 g/mol. The lowest BCUT2D eigenvalue weighted by atomic mass is 10.1. The van der Waals surface area contributed by atoms with Crippen LogP contribution in [0.15, 0.2) is 36.5 Å². The van der Waals surface area contributed by atoms with Gasteiger partial charge in [0.25, 0.3) is 0 Å². The van der Waals surface area contributed by atoms with Crippen molar-refractivity contribution in [3.8, 4) is 5.88 Å². The van der Waals surface area contributed by atoms with Crippen molar-refractivity contribution in [1.82, 2.24) is 20.3 Å². The Bertz CT molecular complexity index is 962. The van der Waals surface area contributed by atoms with Crippen molar-refractivity contribution < 1.29 is 9.53 Å². The van der Waals surface area contributed by atoms with Gasteiger partial charge in [-0.1, -0.05) is 18.2 Å². The number of nitrogens with one attached hydrogen (secondary N) is 2. The van der Waals surface area contributed by atoms with Crippen LogP contribution in [0.5, 0.6) is 5.88 Å². The van der Waals surface area contributed by atoms with Gasteiger partial charge in [-0.05, 0) is 31.4 Å². The van der Waals surface area contributed by atoms with E-state index in [1.807, 2.05) is 43.5 Å². The SMILES string of the molecule is Cc1nc(OCCNC(=O)Cc2c[nH]c3ccccc23)cc(N2CCCC2)n1. The number of aryl methyl sites for hydroxylation is 1. The second kappa shape index (κ2) is 8.29. The van der Waals surface area contributed by atoms with E-state index in [0.717, 1.165) is 35.4 Å². The number of hydrogen-bond donors (Lipinski definition) is 2. The lowest BCUT2D eigenvalue weighted by Gasteiger charge is -2.17. The van der Waals surface area contributed by atoms with Gasteiger partial charge >= 0.3 is 0 Å². The molecule has 146 valence electrons. The molecule has 3 aromatic rings. The number of hydrogen-bond acceptors (Lipinski definition) is 5. The lowest BCUT2D eigenvalue weighted by Crippen LogP contribution is -2.29. The largest absolute Gasteiger partial charge is 0.476 e. The van der Waals surface area contributed by atoms with Crippen molar-refractivity contribution >= 4 is 22.6 Å². The molecule has 1 saturated heterocycles. The molecule has 0 saturated carbocycles. The van der Waals surface area contributed by atoms with Gasteiger partial charge in [-0.3, -0.25) is 4.79 Å². The van der Waals surface area contributed by atoms with Crippen molar-refractivity contribution in [2.24, 2.45) is 0 Å². The highest BCUT2D eigenvalue weighted by atomic mass is 16.5. The van der Waals surface area contributed by atoms with Crippen molar-refractivity contribution in [3.63, 3.8) is 0 Å². The highest BCUT2D eigenvalue weighted by Gasteiger charge is 2.15. The van der Waals surface area contributed by atoms with Crippen LogP contribution in [0.4, 0.5) is 5.82 Å². The maximum absolute atomic E-state index is 12.2. The lowest BCUT2D eigenvalue weighted by molar-refractivity contribution is -0.120. The van der Waals surface area contributed by atoms with Crippen LogP contribution in [0.25, 0.3) is 10.9 Å². The molecule has 2 aromatic heterocycles. The average Bonchev–Trinajstić information content (AvgIpc) is 3.36. The van der Waals surface area contributed by atoms with Gasteiger partial charge in [-0.25, -0.2) is 4.98 Å². The zero-order chi connectivity index (χ0) is 19.3. The summed E-state index contributed by atoms with van der Waals surface area (Å²) in [5.74, 6) is 2.15. The molecule has 1 aromatic carbocycles. The first-order chi connectivity index (χ1) is 13.7. The summed E-state index contributed by atoms with van der Waals surface area (Å²) in [7, 11) is 0. The minimum absolute atomic E-state index is 0.0232. The van der Waals surface area contributed by atoms with Gasteiger partial charge in [0.1, 0.15) is 18.2 Å². The monoisotopic (exact) mass is 379 g/mol. The minimum atomic E-state index is -0.0232. The van der Waals surface area contributed by atoms with Gasteiger partial charge in [-0.15, -0.1) is 0 Å². The summed E-state index contributed by atoms with van der Waals surface area (Å²) in [6.07, 6.45) is 4.63. The number of aromatic amines is 1. The Hall–Kier alpha value is -3.09. The Morgan fingerprint density at radius 1 is 1.25 bits per heavy atom. The smallest absolute Gasteiger partial charge is 0.224 e. The molecule has 2 N–H and O–H groups in total. The molecule has 0 unspecified atom stereocenters. The van der Waals surface area contributed by atoms with E-state index in [2.05, 4.69) is 25.2 Å². The molecule has 0 radical (unpaired) electrons. The first kappa shape index (κ1) is 18.3. The molecule has 0 spiro atoms. The molecule has 1 aliphatic rings. The summed E-state index contributed by atoms with van der Waals surface area (Å²) in [5, 5.41) is 3.99. The maximum atomic E-state index is 12.2. The molecule has 0 atom stereocenters. The van der Waals surface area contributed by atoms with Gasteiger partial charge in [0.05, 0.1) is 13.0 Å². The summed E-state index contributed by atoms with van der Waals surface area (Å²) in [6.45, 7) is 4.73. The summed E-state index contributed by atoms with van der Waals surface area (Å²) >= 11 is 0. The molecule has 7 nitrogen and oxygen atoms in total. The van der Waals surface area contributed by atoms with Crippen molar-refractivity contribution in [1.29, 1.82) is 0 Å². The first-order valence-corrected chi connectivity index (χ1v) is 9.74. The fourth-order valence-electron chi connectivity index (χ4n) is 3.57.